The highest BCUT2D eigenvalue weighted by Gasteiger charge is 1.89. The first kappa shape index (κ1) is 8.72. The fraction of sp³-hybridized carbons (Fsp3) is 0.500. The van der Waals surface area contributed by atoms with Gasteiger partial charge in [0.2, 0.25) is 0 Å². The average molecular weight is 139 g/mol. The third-order valence-corrected chi connectivity index (χ3v) is 0.843. The molecule has 0 saturated heterocycles. The Hall–Kier alpha value is -1.28. The summed E-state index contributed by atoms with van der Waals surface area (Å²) >= 11 is 0. The molecule has 1 atom stereocenters. The van der Waals surface area contributed by atoms with Crippen LogP contribution < -0.4 is 0 Å². The maximum absolute atomic E-state index is 10.3. The Balaban J connectivity index is 3.88. The Kier molecular flexibility index (Phi) is 4.00. The molecule has 0 radical (unpaired) electrons. The summed E-state index contributed by atoms with van der Waals surface area (Å²) in [6.07, 6.45) is 2.95. The second kappa shape index (κ2) is 4.58. The maximum atomic E-state index is 10.3. The molecule has 0 aromatic rings. The van der Waals surface area contributed by atoms with Crippen molar-refractivity contribution >= 4 is 5.78 Å². The van der Waals surface area contributed by atoms with Crippen molar-refractivity contribution in [2.75, 3.05) is 0 Å². The SMILES string of the molecule is CC(=O)/C=C/C(C)N=[N+]=[N-]. The summed E-state index contributed by atoms with van der Waals surface area (Å²) in [4.78, 5) is 12.9. The summed E-state index contributed by atoms with van der Waals surface area (Å²) in [5, 5.41) is 3.34. The van der Waals surface area contributed by atoms with Crippen molar-refractivity contribution in [2.24, 2.45) is 5.11 Å². The summed E-state index contributed by atoms with van der Waals surface area (Å²) in [5.74, 6) is -0.0417. The van der Waals surface area contributed by atoms with Crippen molar-refractivity contribution in [1.29, 1.82) is 0 Å². The minimum Gasteiger partial charge on any atom is -0.295 e. The molecule has 0 N–H and O–H groups in total. The van der Waals surface area contributed by atoms with Gasteiger partial charge in [-0.1, -0.05) is 18.1 Å². The van der Waals surface area contributed by atoms with Gasteiger partial charge in [0.15, 0.2) is 5.78 Å². The zero-order valence-corrected chi connectivity index (χ0v) is 5.98. The third-order valence-electron chi connectivity index (χ3n) is 0.843. The van der Waals surface area contributed by atoms with Gasteiger partial charge in [-0.2, -0.15) is 0 Å². The van der Waals surface area contributed by atoms with Gasteiger partial charge in [-0.05, 0) is 18.5 Å². The highest BCUT2D eigenvalue weighted by atomic mass is 16.1. The summed E-state index contributed by atoms with van der Waals surface area (Å²) in [6.45, 7) is 3.15. The molecule has 0 aromatic carbocycles. The third kappa shape index (κ3) is 4.87. The Morgan fingerprint density at radius 2 is 2.40 bits per heavy atom. The van der Waals surface area contributed by atoms with Gasteiger partial charge in [-0.15, -0.1) is 0 Å². The molecule has 0 aromatic heterocycles. The van der Waals surface area contributed by atoms with Crippen molar-refractivity contribution in [1.82, 2.24) is 0 Å². The van der Waals surface area contributed by atoms with Gasteiger partial charge in [0, 0.05) is 4.91 Å². The smallest absolute Gasteiger partial charge is 0.152 e. The van der Waals surface area contributed by atoms with Crippen LogP contribution in [0.3, 0.4) is 0 Å². The normalized spacial score (nSPS) is 12.6. The van der Waals surface area contributed by atoms with Gasteiger partial charge in [0.1, 0.15) is 0 Å². The monoisotopic (exact) mass is 139 g/mol. The summed E-state index contributed by atoms with van der Waals surface area (Å²) in [5.41, 5.74) is 7.94. The molecule has 0 spiro atoms. The van der Waals surface area contributed by atoms with Crippen molar-refractivity contribution < 1.29 is 4.79 Å². The highest BCUT2D eigenvalue weighted by molar-refractivity contribution is 5.87. The Morgan fingerprint density at radius 1 is 1.80 bits per heavy atom. The largest absolute Gasteiger partial charge is 0.295 e. The molecule has 4 heteroatoms. The molecule has 0 saturated carbocycles. The Labute approximate surface area is 59.2 Å². The van der Waals surface area contributed by atoms with Gasteiger partial charge >= 0.3 is 0 Å². The molecule has 0 aliphatic carbocycles. The highest BCUT2D eigenvalue weighted by Crippen LogP contribution is 1.91. The van der Waals surface area contributed by atoms with E-state index in [2.05, 4.69) is 10.0 Å². The molecule has 0 bridgehead atoms. The lowest BCUT2D eigenvalue weighted by atomic mass is 10.3. The van der Waals surface area contributed by atoms with Gasteiger partial charge in [-0.25, -0.2) is 0 Å². The van der Waals surface area contributed by atoms with Gasteiger partial charge in [0.25, 0.3) is 0 Å². The van der Waals surface area contributed by atoms with E-state index in [1.54, 1.807) is 13.0 Å². The van der Waals surface area contributed by atoms with Crippen LogP contribution in [0, 0.1) is 0 Å². The first-order chi connectivity index (χ1) is 4.66. The Bertz CT molecular complexity index is 191. The predicted octanol–water partition coefficient (Wildman–Crippen LogP) is 1.83. The number of rotatable bonds is 3. The zero-order chi connectivity index (χ0) is 7.98. The quantitative estimate of drug-likeness (QED) is 0.254. The molecular weight excluding hydrogens is 130 g/mol. The van der Waals surface area contributed by atoms with E-state index in [1.807, 2.05) is 0 Å². The molecule has 0 aliphatic heterocycles. The van der Waals surface area contributed by atoms with Crippen LogP contribution in [-0.2, 0) is 4.79 Å². The van der Waals surface area contributed by atoms with Crippen LogP contribution in [0.1, 0.15) is 13.8 Å². The van der Waals surface area contributed by atoms with Crippen molar-refractivity contribution in [3.05, 3.63) is 22.6 Å². The van der Waals surface area contributed by atoms with E-state index in [4.69, 9.17) is 5.53 Å². The number of nitrogens with zero attached hydrogens (tertiary/aromatic N) is 3. The fourth-order valence-corrected chi connectivity index (χ4v) is 0.395. The number of hydrogen-bond donors (Lipinski definition) is 0. The van der Waals surface area contributed by atoms with Crippen LogP contribution in [0.4, 0.5) is 0 Å². The fourth-order valence-electron chi connectivity index (χ4n) is 0.395. The van der Waals surface area contributed by atoms with Crippen molar-refractivity contribution in [2.45, 2.75) is 19.9 Å². The molecule has 54 valence electrons. The first-order valence-corrected chi connectivity index (χ1v) is 2.90. The first-order valence-electron chi connectivity index (χ1n) is 2.90. The predicted molar refractivity (Wildman–Crippen MR) is 38.4 cm³/mol. The van der Waals surface area contributed by atoms with E-state index >= 15 is 0 Å². The lowest BCUT2D eigenvalue weighted by Crippen LogP contribution is -1.90. The van der Waals surface area contributed by atoms with E-state index in [0.29, 0.717) is 0 Å². The minimum atomic E-state index is -0.242. The number of ketones is 1. The molecule has 0 heterocycles. The van der Waals surface area contributed by atoms with Gasteiger partial charge in [0.05, 0.1) is 6.04 Å². The van der Waals surface area contributed by atoms with Crippen LogP contribution in [0.2, 0.25) is 0 Å². The standard InChI is InChI=1S/C6H9N3O/c1-5(8-9-7)3-4-6(2)10/h3-5H,1-2H3/b4-3+. The summed E-state index contributed by atoms with van der Waals surface area (Å²) < 4.78 is 0. The second-order valence-corrected chi connectivity index (χ2v) is 1.92. The van der Waals surface area contributed by atoms with Gasteiger partial charge < -0.3 is 0 Å². The molecular formula is C6H9N3O. The van der Waals surface area contributed by atoms with E-state index < -0.39 is 0 Å². The molecule has 4 nitrogen and oxygen atoms in total. The molecule has 0 rings (SSSR count). The number of allylic oxidation sites excluding steroid dienone is 1. The molecule has 1 unspecified atom stereocenters. The molecule has 0 aliphatic rings. The lowest BCUT2D eigenvalue weighted by molar-refractivity contribution is -0.112. The van der Waals surface area contributed by atoms with Crippen LogP contribution in [-0.4, -0.2) is 11.8 Å². The number of carbonyl (C=O) groups is 1. The topological polar surface area (TPSA) is 65.8 Å². The molecule has 10 heavy (non-hydrogen) atoms. The van der Waals surface area contributed by atoms with E-state index in [9.17, 15) is 4.79 Å². The summed E-state index contributed by atoms with van der Waals surface area (Å²) in [7, 11) is 0. The molecule has 0 fully saturated rings. The second-order valence-electron chi connectivity index (χ2n) is 1.92. The van der Waals surface area contributed by atoms with Crippen LogP contribution in [0.25, 0.3) is 10.4 Å². The molecule has 0 amide bonds. The van der Waals surface area contributed by atoms with Crippen LogP contribution in [0.15, 0.2) is 17.3 Å². The number of carbonyl (C=O) groups excluding carboxylic acids is 1. The van der Waals surface area contributed by atoms with Gasteiger partial charge in [-0.3, -0.25) is 4.79 Å². The van der Waals surface area contributed by atoms with Crippen molar-refractivity contribution in [3.8, 4) is 0 Å². The maximum Gasteiger partial charge on any atom is 0.152 e. The van der Waals surface area contributed by atoms with Crippen LogP contribution >= 0.6 is 0 Å². The number of hydrogen-bond acceptors (Lipinski definition) is 2. The average Bonchev–Trinajstić information content (AvgIpc) is 1.85. The van der Waals surface area contributed by atoms with E-state index in [-0.39, 0.29) is 11.8 Å². The minimum absolute atomic E-state index is 0.0417. The van der Waals surface area contributed by atoms with E-state index in [0.717, 1.165) is 0 Å². The van der Waals surface area contributed by atoms with Crippen LogP contribution in [0.5, 0.6) is 0 Å². The Morgan fingerprint density at radius 3 is 2.80 bits per heavy atom. The van der Waals surface area contributed by atoms with E-state index in [1.165, 1.54) is 13.0 Å². The summed E-state index contributed by atoms with van der Waals surface area (Å²) in [6, 6.07) is -0.242. The zero-order valence-electron chi connectivity index (χ0n) is 5.98. The lowest BCUT2D eigenvalue weighted by Gasteiger charge is -1.90. The number of azide groups is 1. The van der Waals surface area contributed by atoms with Crippen molar-refractivity contribution in [3.63, 3.8) is 0 Å².